The van der Waals surface area contributed by atoms with Crippen molar-refractivity contribution in [2.75, 3.05) is 46.5 Å². The number of hydrogen-bond acceptors (Lipinski definition) is 5. The highest BCUT2D eigenvalue weighted by Crippen LogP contribution is 2.24. The van der Waals surface area contributed by atoms with Crippen molar-refractivity contribution in [3.8, 4) is 0 Å². The second-order valence-electron chi connectivity index (χ2n) is 6.03. The van der Waals surface area contributed by atoms with Crippen molar-refractivity contribution in [2.24, 2.45) is 5.73 Å². The van der Waals surface area contributed by atoms with Crippen LogP contribution < -0.4 is 5.73 Å². The van der Waals surface area contributed by atoms with Crippen LogP contribution >= 0.6 is 0 Å². The van der Waals surface area contributed by atoms with E-state index in [1.807, 2.05) is 4.90 Å². The topological polar surface area (TPSA) is 79.0 Å². The van der Waals surface area contributed by atoms with Crippen molar-refractivity contribution in [3.05, 3.63) is 0 Å². The van der Waals surface area contributed by atoms with Crippen LogP contribution in [0.5, 0.6) is 0 Å². The minimum absolute atomic E-state index is 0.00927. The van der Waals surface area contributed by atoms with Gasteiger partial charge in [0.05, 0.1) is 12.1 Å². The highest BCUT2D eigenvalue weighted by atomic mass is 16.5. The lowest BCUT2D eigenvalue weighted by Gasteiger charge is -2.42. The molecule has 0 radical (unpaired) electrons. The first-order valence-electron chi connectivity index (χ1n) is 7.54. The molecule has 2 rings (SSSR count). The number of aliphatic hydroxyl groups excluding tert-OH is 1. The van der Waals surface area contributed by atoms with Gasteiger partial charge in [0.1, 0.15) is 0 Å². The predicted octanol–water partition coefficient (Wildman–Crippen LogP) is -0.591. The lowest BCUT2D eigenvalue weighted by atomic mass is 9.88. The third-order valence-corrected chi connectivity index (χ3v) is 4.54. The Labute approximate surface area is 120 Å². The van der Waals surface area contributed by atoms with Gasteiger partial charge in [-0.1, -0.05) is 0 Å². The molecule has 0 aromatic heterocycles. The number of amides is 1. The Morgan fingerprint density at radius 2 is 2.00 bits per heavy atom. The fourth-order valence-electron chi connectivity index (χ4n) is 3.10. The van der Waals surface area contributed by atoms with Crippen LogP contribution in [-0.2, 0) is 9.53 Å². The molecule has 1 amide bonds. The van der Waals surface area contributed by atoms with Gasteiger partial charge in [-0.3, -0.25) is 4.79 Å². The summed E-state index contributed by atoms with van der Waals surface area (Å²) >= 11 is 0. The molecule has 0 unspecified atom stereocenters. The molecule has 0 atom stereocenters. The van der Waals surface area contributed by atoms with E-state index >= 15 is 0 Å². The molecule has 2 aliphatic rings. The highest BCUT2D eigenvalue weighted by Gasteiger charge is 2.41. The van der Waals surface area contributed by atoms with Gasteiger partial charge in [0.25, 0.3) is 0 Å². The maximum atomic E-state index is 12.8. The van der Waals surface area contributed by atoms with Gasteiger partial charge in [-0.05, 0) is 45.8 Å². The van der Waals surface area contributed by atoms with E-state index in [1.165, 1.54) is 0 Å². The molecular formula is C14H27N3O3. The largest absolute Gasteiger partial charge is 0.395 e. The molecular weight excluding hydrogens is 258 g/mol. The first-order chi connectivity index (χ1) is 9.57. The Bertz CT molecular complexity index is 324. The van der Waals surface area contributed by atoms with E-state index in [9.17, 15) is 9.90 Å². The van der Waals surface area contributed by atoms with Gasteiger partial charge in [0.2, 0.25) is 5.91 Å². The smallest absolute Gasteiger partial charge is 0.243 e. The minimum Gasteiger partial charge on any atom is -0.395 e. The Hall–Kier alpha value is -0.690. The molecule has 0 spiro atoms. The molecule has 116 valence electrons. The average Bonchev–Trinajstić information content (AvgIpc) is 2.46. The third-order valence-electron chi connectivity index (χ3n) is 4.54. The summed E-state index contributed by atoms with van der Waals surface area (Å²) in [6.45, 7) is 3.43. The van der Waals surface area contributed by atoms with Crippen LogP contribution in [0.15, 0.2) is 0 Å². The Kier molecular flexibility index (Phi) is 5.37. The number of likely N-dealkylation sites (tertiary alicyclic amines) is 1. The Morgan fingerprint density at radius 3 is 2.55 bits per heavy atom. The van der Waals surface area contributed by atoms with Gasteiger partial charge in [0.15, 0.2) is 0 Å². The Morgan fingerprint density at radius 1 is 1.40 bits per heavy atom. The molecule has 2 fully saturated rings. The third kappa shape index (κ3) is 3.49. The molecule has 3 N–H and O–H groups in total. The standard InChI is InChI=1S/C14H27N3O3/c1-16-6-2-12(3-7-16)17(8-9-18)13(19)14(15)4-10-20-11-5-14/h12,18H,2-11,15H2,1H3. The van der Waals surface area contributed by atoms with Crippen LogP contribution in [0.25, 0.3) is 0 Å². The summed E-state index contributed by atoms with van der Waals surface area (Å²) in [5, 5.41) is 9.28. The number of piperidine rings is 1. The zero-order chi connectivity index (χ0) is 14.6. The van der Waals surface area contributed by atoms with Gasteiger partial charge >= 0.3 is 0 Å². The summed E-state index contributed by atoms with van der Waals surface area (Å²) < 4.78 is 5.31. The number of aliphatic hydroxyl groups is 1. The molecule has 2 saturated heterocycles. The van der Waals surface area contributed by atoms with Gasteiger partial charge in [0, 0.05) is 25.8 Å². The molecule has 0 aromatic rings. The molecule has 0 aliphatic carbocycles. The van der Waals surface area contributed by atoms with Gasteiger partial charge < -0.3 is 25.4 Å². The summed E-state index contributed by atoms with van der Waals surface area (Å²) in [6.07, 6.45) is 3.05. The summed E-state index contributed by atoms with van der Waals surface area (Å²) in [4.78, 5) is 16.9. The van der Waals surface area contributed by atoms with Crippen LogP contribution in [0, 0.1) is 0 Å². The second-order valence-corrected chi connectivity index (χ2v) is 6.03. The maximum Gasteiger partial charge on any atom is 0.243 e. The molecule has 6 heteroatoms. The van der Waals surface area contributed by atoms with Crippen LogP contribution in [0.3, 0.4) is 0 Å². The van der Waals surface area contributed by atoms with Crippen LogP contribution in [0.2, 0.25) is 0 Å². The second kappa shape index (κ2) is 6.85. The number of carbonyl (C=O) groups is 1. The van der Waals surface area contributed by atoms with E-state index in [0.29, 0.717) is 32.6 Å². The SMILES string of the molecule is CN1CCC(N(CCO)C(=O)C2(N)CCOCC2)CC1. The molecule has 0 aromatic carbocycles. The lowest BCUT2D eigenvalue weighted by Crippen LogP contribution is -2.61. The van der Waals surface area contributed by atoms with E-state index in [-0.39, 0.29) is 18.6 Å². The number of hydrogen-bond donors (Lipinski definition) is 2. The van der Waals surface area contributed by atoms with E-state index in [1.54, 1.807) is 0 Å². The highest BCUT2D eigenvalue weighted by molar-refractivity contribution is 5.86. The zero-order valence-corrected chi connectivity index (χ0v) is 12.4. The normalized spacial score (nSPS) is 24.6. The fraction of sp³-hybridized carbons (Fsp3) is 0.929. The fourth-order valence-corrected chi connectivity index (χ4v) is 3.10. The lowest BCUT2D eigenvalue weighted by molar-refractivity contribution is -0.144. The first-order valence-corrected chi connectivity index (χ1v) is 7.54. The van der Waals surface area contributed by atoms with Gasteiger partial charge in [-0.15, -0.1) is 0 Å². The van der Waals surface area contributed by atoms with E-state index in [4.69, 9.17) is 10.5 Å². The van der Waals surface area contributed by atoms with Crippen molar-refractivity contribution in [3.63, 3.8) is 0 Å². The minimum atomic E-state index is -0.809. The first kappa shape index (κ1) is 15.7. The van der Waals surface area contributed by atoms with Crippen molar-refractivity contribution < 1.29 is 14.6 Å². The van der Waals surface area contributed by atoms with Crippen molar-refractivity contribution >= 4 is 5.91 Å². The molecule has 2 heterocycles. The summed E-state index contributed by atoms with van der Waals surface area (Å²) in [5.41, 5.74) is 5.50. The summed E-state index contributed by atoms with van der Waals surface area (Å²) in [7, 11) is 2.09. The molecule has 2 aliphatic heterocycles. The zero-order valence-electron chi connectivity index (χ0n) is 12.4. The number of nitrogens with zero attached hydrogens (tertiary/aromatic N) is 2. The predicted molar refractivity (Wildman–Crippen MR) is 76.3 cm³/mol. The number of nitrogens with two attached hydrogens (primary N) is 1. The van der Waals surface area contributed by atoms with Crippen molar-refractivity contribution in [1.82, 2.24) is 9.80 Å². The van der Waals surface area contributed by atoms with Gasteiger partial charge in [-0.25, -0.2) is 0 Å². The number of ether oxygens (including phenoxy) is 1. The van der Waals surface area contributed by atoms with E-state index in [2.05, 4.69) is 11.9 Å². The van der Waals surface area contributed by atoms with Crippen molar-refractivity contribution in [2.45, 2.75) is 37.3 Å². The monoisotopic (exact) mass is 285 g/mol. The average molecular weight is 285 g/mol. The van der Waals surface area contributed by atoms with E-state index in [0.717, 1.165) is 25.9 Å². The van der Waals surface area contributed by atoms with E-state index < -0.39 is 5.54 Å². The number of carbonyl (C=O) groups excluding carboxylic acids is 1. The number of rotatable bonds is 4. The van der Waals surface area contributed by atoms with Crippen LogP contribution in [-0.4, -0.2) is 78.9 Å². The maximum absolute atomic E-state index is 12.8. The Balaban J connectivity index is 2.05. The van der Waals surface area contributed by atoms with Crippen molar-refractivity contribution in [1.29, 1.82) is 0 Å². The summed E-state index contributed by atoms with van der Waals surface area (Å²) in [6, 6.07) is 0.203. The molecule has 20 heavy (non-hydrogen) atoms. The molecule has 0 saturated carbocycles. The van der Waals surface area contributed by atoms with Crippen LogP contribution in [0.1, 0.15) is 25.7 Å². The summed E-state index contributed by atoms with van der Waals surface area (Å²) in [5.74, 6) is -0.00981. The van der Waals surface area contributed by atoms with Crippen LogP contribution in [0.4, 0.5) is 0 Å². The quantitative estimate of drug-likeness (QED) is 0.722. The molecule has 0 bridgehead atoms. The molecule has 6 nitrogen and oxygen atoms in total. The van der Waals surface area contributed by atoms with Gasteiger partial charge in [-0.2, -0.15) is 0 Å².